The lowest BCUT2D eigenvalue weighted by molar-refractivity contribution is 0.388. The molecule has 40 nitrogen and oxygen atoms in total. The molecule has 20 aromatic heterocycles. The number of aromatic nitrogens is 28. The van der Waals surface area contributed by atoms with Crippen molar-refractivity contribution in [3.8, 4) is 5.75 Å². The van der Waals surface area contributed by atoms with E-state index in [-0.39, 0.29) is 47.9 Å². The number of hydrogen-bond acceptors (Lipinski definition) is 35. The summed E-state index contributed by atoms with van der Waals surface area (Å²) in [7, 11) is 3.45. The zero-order chi connectivity index (χ0) is 90.0. The van der Waals surface area contributed by atoms with E-state index in [0.717, 1.165) is 111 Å². The van der Waals surface area contributed by atoms with Crippen molar-refractivity contribution in [2.24, 2.45) is 7.05 Å². The minimum atomic E-state index is -0.0214. The van der Waals surface area contributed by atoms with Crippen molar-refractivity contribution in [3.05, 3.63) is 306 Å². The maximum absolute atomic E-state index is 5.91. The van der Waals surface area contributed by atoms with E-state index in [1.54, 1.807) is 73.4 Å². The first kappa shape index (κ1) is 86.4. The molecule has 0 radical (unpaired) electrons. The van der Waals surface area contributed by atoms with Crippen molar-refractivity contribution >= 4 is 125 Å². The van der Waals surface area contributed by atoms with E-state index in [4.69, 9.17) is 37.9 Å². The van der Waals surface area contributed by atoms with Gasteiger partial charge in [-0.05, 0) is 143 Å². The van der Waals surface area contributed by atoms with Gasteiger partial charge >= 0.3 is 0 Å². The summed E-state index contributed by atoms with van der Waals surface area (Å²) in [5.41, 5.74) is 46.0. The fourth-order valence-electron chi connectivity index (χ4n) is 14.3. The molecule has 0 spiro atoms. The number of rotatable bonds is 26. The van der Waals surface area contributed by atoms with Crippen LogP contribution in [0.5, 0.6) is 5.75 Å². The molecule has 656 valence electrons. The Balaban J connectivity index is 0.000000119. The van der Waals surface area contributed by atoms with Crippen molar-refractivity contribution < 1.29 is 9.26 Å². The third-order valence-corrected chi connectivity index (χ3v) is 21.0. The van der Waals surface area contributed by atoms with E-state index >= 15 is 0 Å². The Hall–Kier alpha value is -17.1. The van der Waals surface area contributed by atoms with E-state index in [9.17, 15) is 0 Å². The van der Waals surface area contributed by atoms with Gasteiger partial charge in [0.05, 0.1) is 143 Å². The second-order valence-corrected chi connectivity index (χ2v) is 30.8. The van der Waals surface area contributed by atoms with Crippen LogP contribution >= 0.6 is 11.3 Å². The standard InChI is InChI=1S/2C19H19N7.C18H19N7S.C17H18N8O2.C16H17N9/c2*1-13(15-7-3-5-10-22-15)23-18-17-16(24-19(20)25-18)8-11-26(17)12-14-6-2-4-9-21-14;1-11(14-5-3-4-7-20-14)21-17-16-15(23-18(19)24-17)6-8-25(16)9-13-10-26-12(2)22-13;1-10-21-14(24-27-10)8-20-16-15-11(22-17(18)23-16)5-7-25(15)9-12-13(26-2)4-3-6-19-12;1-24-9-12(22-23-24)8-19-15-14-13(20-16(17)21-15)5-7-25(14)10-11-4-2-3-6-18-11/h2*2-11,13H,12H2,1H3,(H3,20,23,24,25);3-8,10-11H,9H2,1-2H3,(H3,19,21,23,24);3-7H,8-9H2,1-2H3,(H3,18,20,22,23);2-7,9H,8,10H2,1H3,(H3,17,19,20,21)/t2*13-;;;/m10.../s1. The van der Waals surface area contributed by atoms with Crippen molar-refractivity contribution in [2.75, 3.05) is 62.4 Å². The smallest absolute Gasteiger partial charge is 0.223 e. The Labute approximate surface area is 747 Å². The predicted molar refractivity (Wildman–Crippen MR) is 499 cm³/mol. The summed E-state index contributed by atoms with van der Waals surface area (Å²) in [5.74, 6) is 6.20. The maximum Gasteiger partial charge on any atom is 0.223 e. The van der Waals surface area contributed by atoms with E-state index in [2.05, 4.69) is 160 Å². The van der Waals surface area contributed by atoms with Gasteiger partial charge in [-0.25, -0.2) is 29.9 Å². The molecule has 41 heteroatoms. The molecule has 20 heterocycles. The zero-order valence-corrected chi connectivity index (χ0v) is 72.6. The number of nitrogens with one attached hydrogen (secondary N) is 5. The molecule has 0 bridgehead atoms. The van der Waals surface area contributed by atoms with Gasteiger partial charge in [-0.2, -0.15) is 29.9 Å². The van der Waals surface area contributed by atoms with Gasteiger partial charge in [-0.3, -0.25) is 39.6 Å². The molecule has 0 aliphatic carbocycles. The molecule has 20 rings (SSSR count). The zero-order valence-electron chi connectivity index (χ0n) is 71.8. The van der Waals surface area contributed by atoms with Crippen molar-refractivity contribution in [3.63, 3.8) is 0 Å². The van der Waals surface area contributed by atoms with E-state index in [1.807, 2.05) is 228 Å². The number of anilines is 10. The van der Waals surface area contributed by atoms with Gasteiger partial charge in [0.15, 0.2) is 34.9 Å². The molecule has 0 aliphatic rings. The number of thiazole rings is 1. The van der Waals surface area contributed by atoms with Crippen LogP contribution in [0.25, 0.3) is 55.2 Å². The largest absolute Gasteiger partial charge is 0.495 e. The fourth-order valence-corrected chi connectivity index (χ4v) is 14.9. The third kappa shape index (κ3) is 21.4. The van der Waals surface area contributed by atoms with E-state index < -0.39 is 0 Å². The average molecular weight is 1760 g/mol. The third-order valence-electron chi connectivity index (χ3n) is 20.2. The monoisotopic (exact) mass is 1760 g/mol. The molecular weight excluding hydrogens is 1670 g/mol. The summed E-state index contributed by atoms with van der Waals surface area (Å²) in [6.07, 6.45) is 24.1. The summed E-state index contributed by atoms with van der Waals surface area (Å²) in [5, 5.41) is 31.8. The predicted octanol–water partition coefficient (Wildman–Crippen LogP) is 12.4. The van der Waals surface area contributed by atoms with Crippen LogP contribution in [0.3, 0.4) is 0 Å². The molecule has 130 heavy (non-hydrogen) atoms. The van der Waals surface area contributed by atoms with Crippen LogP contribution in [-0.2, 0) is 52.9 Å². The number of hydrogen-bond donors (Lipinski definition) is 10. The number of ether oxygens (including phenoxy) is 1. The van der Waals surface area contributed by atoms with Crippen LogP contribution in [0.15, 0.2) is 242 Å². The van der Waals surface area contributed by atoms with Crippen LogP contribution in [-0.4, -0.2) is 145 Å². The minimum absolute atomic E-state index is 0.0152. The topological polar surface area (TPSA) is 526 Å². The summed E-state index contributed by atoms with van der Waals surface area (Å²) >= 11 is 1.65. The molecule has 0 aliphatic heterocycles. The number of nitrogens with two attached hydrogens (primary N) is 5. The van der Waals surface area contributed by atoms with Crippen LogP contribution in [0.2, 0.25) is 0 Å². The van der Waals surface area contributed by atoms with E-state index in [0.29, 0.717) is 92.4 Å². The number of nitrogens with zero attached hydrogens (tertiary/aromatic N) is 28. The first-order valence-electron chi connectivity index (χ1n) is 41.2. The Morgan fingerprint density at radius 3 is 1.08 bits per heavy atom. The molecule has 1 unspecified atom stereocenters. The number of methoxy groups -OCH3 is 1. The van der Waals surface area contributed by atoms with Gasteiger partial charge in [0.2, 0.25) is 35.6 Å². The van der Waals surface area contributed by atoms with Crippen LogP contribution < -0.4 is 60.0 Å². The molecule has 0 amide bonds. The lowest BCUT2D eigenvalue weighted by Crippen LogP contribution is -2.12. The van der Waals surface area contributed by atoms with Crippen LogP contribution in [0.1, 0.15) is 107 Å². The number of pyridine rings is 7. The summed E-state index contributed by atoms with van der Waals surface area (Å²) in [6, 6.07) is 48.4. The van der Waals surface area contributed by atoms with Crippen LogP contribution in [0.4, 0.5) is 58.8 Å². The maximum atomic E-state index is 5.91. The normalized spacial score (nSPS) is 11.8. The Morgan fingerprint density at radius 2 is 0.738 bits per heavy atom. The molecule has 0 saturated heterocycles. The second kappa shape index (κ2) is 40.2. The molecule has 0 fully saturated rings. The number of aryl methyl sites for hydroxylation is 3. The van der Waals surface area contributed by atoms with Gasteiger partial charge < -0.3 is 87.3 Å². The van der Waals surface area contributed by atoms with Crippen molar-refractivity contribution in [2.45, 2.75) is 98.6 Å². The summed E-state index contributed by atoms with van der Waals surface area (Å²) in [4.78, 5) is 83.2. The van der Waals surface area contributed by atoms with Gasteiger partial charge in [0, 0.05) is 99.9 Å². The number of fused-ring (bicyclic) bond motifs is 5. The quantitative estimate of drug-likeness (QED) is 0.0241. The van der Waals surface area contributed by atoms with Crippen LogP contribution in [0, 0.1) is 13.8 Å². The van der Waals surface area contributed by atoms with Gasteiger partial charge in [-0.1, -0.05) is 46.8 Å². The minimum Gasteiger partial charge on any atom is -0.495 e. The molecular formula is C89H92N38O2S. The van der Waals surface area contributed by atoms with Gasteiger partial charge in [-0.15, -0.1) is 16.4 Å². The molecule has 0 aromatic carbocycles. The first-order valence-corrected chi connectivity index (χ1v) is 42.1. The summed E-state index contributed by atoms with van der Waals surface area (Å²) in [6.45, 7) is 13.8. The first-order chi connectivity index (χ1) is 63.3. The summed E-state index contributed by atoms with van der Waals surface area (Å²) < 4.78 is 22.3. The average Bonchev–Trinajstić information content (AvgIpc) is 1.61. The van der Waals surface area contributed by atoms with E-state index in [1.165, 1.54) is 0 Å². The Bertz CT molecular complexity index is 6960. The lowest BCUT2D eigenvalue weighted by Gasteiger charge is -2.16. The van der Waals surface area contributed by atoms with Gasteiger partial charge in [0.1, 0.15) is 44.7 Å². The Kier molecular flexibility index (Phi) is 26.7. The number of nitrogen functional groups attached to an aromatic ring is 5. The molecule has 0 saturated carbocycles. The fraction of sp³-hybridized carbons (Fsp3) is 0.191. The van der Waals surface area contributed by atoms with Crippen molar-refractivity contribution in [1.29, 1.82) is 0 Å². The molecule has 15 N–H and O–H groups in total. The highest BCUT2D eigenvalue weighted by Crippen LogP contribution is 2.33. The second-order valence-electron chi connectivity index (χ2n) is 29.7. The highest BCUT2D eigenvalue weighted by atomic mass is 32.1. The highest BCUT2D eigenvalue weighted by Gasteiger charge is 2.22. The Morgan fingerprint density at radius 1 is 0.377 bits per heavy atom. The molecule has 20 aromatic rings. The van der Waals surface area contributed by atoms with Gasteiger partial charge in [0.25, 0.3) is 0 Å². The highest BCUT2D eigenvalue weighted by molar-refractivity contribution is 7.09. The lowest BCUT2D eigenvalue weighted by atomic mass is 10.2. The SMILES string of the molecule is COc1cccnc1Cn1ccc2nc(N)nc(NCc3noc(C)n3)c21.C[C@@H](Nc1nc(N)nc2ccn(Cc3ccccn3)c12)c1ccccn1.C[C@H](Nc1nc(N)nc2ccn(Cc3ccccn3)c12)c1ccccn1.Cc1nc(Cn2ccc3nc(N)nc(NC(C)c4ccccn4)c32)cs1.Cn1cc(CNc2nc(N)nc3ccn(Cc4ccccn4)c23)nn1. The molecule has 3 atom stereocenters. The van der Waals surface area contributed by atoms with Crippen molar-refractivity contribution in [1.82, 2.24) is 138 Å².